The molecule has 0 saturated heterocycles. The molecule has 0 saturated carbocycles. The second kappa shape index (κ2) is 10.5. The van der Waals surface area contributed by atoms with Gasteiger partial charge in [0.2, 0.25) is 0 Å². The van der Waals surface area contributed by atoms with Crippen molar-refractivity contribution in [2.45, 2.75) is 32.3 Å². The first-order valence-corrected chi connectivity index (χ1v) is 9.13. The smallest absolute Gasteiger partial charge is 0.307 e. The highest BCUT2D eigenvalue weighted by Gasteiger charge is 2.18. The summed E-state index contributed by atoms with van der Waals surface area (Å²) in [6, 6.07) is 16.2. The average molecular weight is 388 g/mol. The van der Waals surface area contributed by atoms with Crippen molar-refractivity contribution in [3.63, 3.8) is 0 Å². The Morgan fingerprint density at radius 3 is 2.33 bits per heavy atom. The van der Waals surface area contributed by atoms with Crippen LogP contribution in [0.5, 0.6) is 0 Å². The van der Waals surface area contributed by atoms with Gasteiger partial charge in [-0.25, -0.2) is 0 Å². The van der Waals surface area contributed by atoms with Crippen molar-refractivity contribution in [2.24, 2.45) is 0 Å². The van der Waals surface area contributed by atoms with E-state index in [1.165, 1.54) is 6.92 Å². The van der Waals surface area contributed by atoms with Gasteiger partial charge >= 0.3 is 5.97 Å². The molecule has 0 aromatic heterocycles. The van der Waals surface area contributed by atoms with Crippen LogP contribution in [0, 0.1) is 0 Å². The Balaban J connectivity index is 1.68. The number of Topliss-reactive ketones (excluding diaryl/α,β-unsaturated/α-hetero) is 1. The number of esters is 1. The van der Waals surface area contributed by atoms with Crippen LogP contribution in [-0.2, 0) is 20.7 Å². The van der Waals surface area contributed by atoms with Crippen LogP contribution in [0.25, 0.3) is 0 Å². The van der Waals surface area contributed by atoms with Crippen molar-refractivity contribution in [2.75, 3.05) is 6.54 Å². The molecule has 2 aromatic carbocycles. The molecule has 2 aromatic rings. The van der Waals surface area contributed by atoms with Gasteiger partial charge in [-0.3, -0.25) is 14.4 Å². The molecule has 0 radical (unpaired) electrons. The first-order valence-electron chi connectivity index (χ1n) is 8.75. The third kappa shape index (κ3) is 7.23. The molecule has 0 aliphatic rings. The van der Waals surface area contributed by atoms with E-state index in [4.69, 9.17) is 16.3 Å². The van der Waals surface area contributed by atoms with Crippen LogP contribution in [0.2, 0.25) is 5.02 Å². The highest BCUT2D eigenvalue weighted by molar-refractivity contribution is 6.30. The Bertz CT molecular complexity index is 775. The maximum atomic E-state index is 12.0. The normalized spacial score (nSPS) is 11.5. The minimum atomic E-state index is -0.904. The topological polar surface area (TPSA) is 72.5 Å². The van der Waals surface area contributed by atoms with Gasteiger partial charge in [0.25, 0.3) is 5.91 Å². The van der Waals surface area contributed by atoms with E-state index < -0.39 is 12.1 Å². The number of ether oxygens (including phenoxy) is 1. The third-order valence-electron chi connectivity index (χ3n) is 3.96. The third-order valence-corrected chi connectivity index (χ3v) is 4.21. The summed E-state index contributed by atoms with van der Waals surface area (Å²) in [5.74, 6) is -1.12. The van der Waals surface area contributed by atoms with Gasteiger partial charge in [-0.1, -0.05) is 41.9 Å². The molecular formula is C21H22ClNO4. The predicted molar refractivity (Wildman–Crippen MR) is 104 cm³/mol. The van der Waals surface area contributed by atoms with Crippen LogP contribution in [0.4, 0.5) is 0 Å². The fraction of sp³-hybridized carbons (Fsp3) is 0.286. The molecule has 0 fully saturated rings. The van der Waals surface area contributed by atoms with Crippen molar-refractivity contribution in [1.82, 2.24) is 5.32 Å². The van der Waals surface area contributed by atoms with E-state index in [2.05, 4.69) is 5.32 Å². The lowest BCUT2D eigenvalue weighted by Gasteiger charge is -2.13. The number of nitrogens with one attached hydrogen (secondary N) is 1. The maximum Gasteiger partial charge on any atom is 0.307 e. The maximum absolute atomic E-state index is 12.0. The molecule has 0 heterocycles. The lowest BCUT2D eigenvalue weighted by Crippen LogP contribution is -2.36. The number of ketones is 1. The summed E-state index contributed by atoms with van der Waals surface area (Å²) < 4.78 is 5.10. The van der Waals surface area contributed by atoms with E-state index in [0.29, 0.717) is 23.6 Å². The molecule has 6 heteroatoms. The highest BCUT2D eigenvalue weighted by atomic mass is 35.5. The summed E-state index contributed by atoms with van der Waals surface area (Å²) in [6.45, 7) is 1.97. The van der Waals surface area contributed by atoms with Gasteiger partial charge in [-0.15, -0.1) is 0 Å². The molecule has 5 nitrogen and oxygen atoms in total. The summed E-state index contributed by atoms with van der Waals surface area (Å²) in [5.41, 5.74) is 1.60. The van der Waals surface area contributed by atoms with Gasteiger partial charge in [0.15, 0.2) is 11.9 Å². The minimum absolute atomic E-state index is 0.0167. The zero-order chi connectivity index (χ0) is 19.6. The van der Waals surface area contributed by atoms with Crippen LogP contribution < -0.4 is 5.32 Å². The van der Waals surface area contributed by atoms with Gasteiger partial charge in [0.1, 0.15) is 0 Å². The number of amides is 1. The van der Waals surface area contributed by atoms with Crippen molar-refractivity contribution in [1.29, 1.82) is 0 Å². The van der Waals surface area contributed by atoms with Crippen LogP contribution in [0.1, 0.15) is 35.7 Å². The predicted octanol–water partition coefficient (Wildman–Crippen LogP) is 3.59. The number of carbonyl (C=O) groups excluding carboxylic acids is 3. The van der Waals surface area contributed by atoms with Crippen molar-refractivity contribution in [3.8, 4) is 0 Å². The number of halogens is 1. The molecular weight excluding hydrogens is 366 g/mol. The van der Waals surface area contributed by atoms with E-state index in [-0.39, 0.29) is 24.5 Å². The zero-order valence-electron chi connectivity index (χ0n) is 15.1. The molecule has 0 spiro atoms. The molecule has 1 unspecified atom stereocenters. The van der Waals surface area contributed by atoms with Crippen molar-refractivity contribution >= 4 is 29.3 Å². The highest BCUT2D eigenvalue weighted by Crippen LogP contribution is 2.12. The van der Waals surface area contributed by atoms with Gasteiger partial charge in [-0.05, 0) is 43.2 Å². The first kappa shape index (κ1) is 20.6. The van der Waals surface area contributed by atoms with E-state index in [1.54, 1.807) is 24.3 Å². The number of rotatable bonds is 9. The number of benzene rings is 2. The Hall–Kier alpha value is -2.66. The number of hydrogen-bond donors (Lipinski definition) is 1. The standard InChI is InChI=1S/C21H22ClNO4/c1-15(21(26)23-14-13-16-5-3-2-4-6-16)27-20(25)12-11-19(24)17-7-9-18(22)10-8-17/h2-10,15H,11-14H2,1H3,(H,23,26). The molecule has 0 bridgehead atoms. The first-order chi connectivity index (χ1) is 13.0. The van der Waals surface area contributed by atoms with Crippen LogP contribution in [0.3, 0.4) is 0 Å². The van der Waals surface area contributed by atoms with Crippen LogP contribution >= 0.6 is 11.6 Å². The number of hydrogen-bond acceptors (Lipinski definition) is 4. The lowest BCUT2D eigenvalue weighted by atomic mass is 10.1. The van der Waals surface area contributed by atoms with E-state index >= 15 is 0 Å². The summed E-state index contributed by atoms with van der Waals surface area (Å²) >= 11 is 5.78. The largest absolute Gasteiger partial charge is 0.453 e. The minimum Gasteiger partial charge on any atom is -0.453 e. The second-order valence-corrected chi connectivity index (χ2v) is 6.53. The van der Waals surface area contributed by atoms with Gasteiger partial charge < -0.3 is 10.1 Å². The average Bonchev–Trinajstić information content (AvgIpc) is 2.67. The molecule has 0 aliphatic heterocycles. The quantitative estimate of drug-likeness (QED) is 0.527. The van der Waals surface area contributed by atoms with Gasteiger partial charge in [0, 0.05) is 23.6 Å². The SMILES string of the molecule is CC(OC(=O)CCC(=O)c1ccc(Cl)cc1)C(=O)NCCc1ccccc1. The molecule has 1 atom stereocenters. The molecule has 1 N–H and O–H groups in total. The zero-order valence-corrected chi connectivity index (χ0v) is 15.9. The summed E-state index contributed by atoms with van der Waals surface area (Å²) in [6.07, 6.45) is -0.270. The Kier molecular flexibility index (Phi) is 8.01. The lowest BCUT2D eigenvalue weighted by molar-refractivity contribution is -0.154. The summed E-state index contributed by atoms with van der Waals surface area (Å²) in [7, 11) is 0. The fourth-order valence-corrected chi connectivity index (χ4v) is 2.55. The molecule has 0 aliphatic carbocycles. The molecule has 142 valence electrons. The number of carbonyl (C=O) groups is 3. The van der Waals surface area contributed by atoms with Gasteiger partial charge in [0.05, 0.1) is 6.42 Å². The van der Waals surface area contributed by atoms with E-state index in [1.807, 2.05) is 30.3 Å². The monoisotopic (exact) mass is 387 g/mol. The van der Waals surface area contributed by atoms with E-state index in [0.717, 1.165) is 5.56 Å². The Morgan fingerprint density at radius 1 is 1.00 bits per heavy atom. The molecule has 2 rings (SSSR count). The fourth-order valence-electron chi connectivity index (χ4n) is 2.42. The van der Waals surface area contributed by atoms with Crippen molar-refractivity contribution < 1.29 is 19.1 Å². The Labute approximate surface area is 163 Å². The van der Waals surface area contributed by atoms with Crippen LogP contribution in [-0.4, -0.2) is 30.3 Å². The van der Waals surface area contributed by atoms with Crippen molar-refractivity contribution in [3.05, 3.63) is 70.7 Å². The molecule has 27 heavy (non-hydrogen) atoms. The summed E-state index contributed by atoms with van der Waals surface area (Å²) in [5, 5.41) is 3.28. The van der Waals surface area contributed by atoms with Crippen LogP contribution in [0.15, 0.2) is 54.6 Å². The van der Waals surface area contributed by atoms with E-state index in [9.17, 15) is 14.4 Å². The summed E-state index contributed by atoms with van der Waals surface area (Å²) in [4.78, 5) is 35.9. The second-order valence-electron chi connectivity index (χ2n) is 6.09. The Morgan fingerprint density at radius 2 is 1.67 bits per heavy atom. The molecule has 1 amide bonds. The van der Waals surface area contributed by atoms with Gasteiger partial charge in [-0.2, -0.15) is 0 Å².